The smallest absolute Gasteiger partial charge is 0.254 e. The Labute approximate surface area is 127 Å². The van der Waals surface area contributed by atoms with Crippen LogP contribution in [0.4, 0.5) is 0 Å². The van der Waals surface area contributed by atoms with Gasteiger partial charge in [-0.25, -0.2) is 0 Å². The average molecular weight is 285 g/mol. The molecule has 1 aliphatic carbocycles. The fraction of sp³-hybridized carbons (Fsp3) is 0.500. The van der Waals surface area contributed by atoms with Gasteiger partial charge in [-0.2, -0.15) is 0 Å². The fourth-order valence-corrected chi connectivity index (χ4v) is 2.29. The summed E-state index contributed by atoms with van der Waals surface area (Å²) in [7, 11) is 0. The van der Waals surface area contributed by atoms with Crippen molar-refractivity contribution in [2.45, 2.75) is 33.1 Å². The van der Waals surface area contributed by atoms with Crippen molar-refractivity contribution in [3.63, 3.8) is 0 Å². The molecular formula is C18H23NO2. The van der Waals surface area contributed by atoms with Gasteiger partial charge in [0.2, 0.25) is 0 Å². The second-order valence-electron chi connectivity index (χ2n) is 5.59. The van der Waals surface area contributed by atoms with Crippen LogP contribution in [0.1, 0.15) is 47.7 Å². The van der Waals surface area contributed by atoms with Crippen molar-refractivity contribution in [2.24, 2.45) is 5.92 Å². The summed E-state index contributed by atoms with van der Waals surface area (Å²) in [6.45, 7) is 5.67. The zero-order valence-corrected chi connectivity index (χ0v) is 12.9. The van der Waals surface area contributed by atoms with Gasteiger partial charge in [0.15, 0.2) is 0 Å². The van der Waals surface area contributed by atoms with Gasteiger partial charge in [0.05, 0.1) is 6.61 Å². The third-order valence-corrected chi connectivity index (χ3v) is 3.78. The maximum absolute atomic E-state index is 12.7. The van der Waals surface area contributed by atoms with E-state index < -0.39 is 0 Å². The zero-order chi connectivity index (χ0) is 15.2. The predicted octanol–water partition coefficient (Wildman–Crippen LogP) is 2.60. The van der Waals surface area contributed by atoms with Gasteiger partial charge < -0.3 is 10.0 Å². The standard InChI is InChI=1S/C18H23NO2/c1-3-19(13-16-9-10-16)18(21)17-12-15(6-4-5-11-20)8-7-14(17)2/h7-8,12,16,20H,3,5,9-11,13H2,1-2H3. The average Bonchev–Trinajstić information content (AvgIpc) is 3.30. The zero-order valence-electron chi connectivity index (χ0n) is 12.9. The molecule has 1 fully saturated rings. The van der Waals surface area contributed by atoms with Crippen LogP contribution in [0.3, 0.4) is 0 Å². The minimum absolute atomic E-state index is 0.0651. The normalized spacial score (nSPS) is 13.5. The Kier molecular flexibility index (Phi) is 5.41. The van der Waals surface area contributed by atoms with Crippen molar-refractivity contribution in [1.29, 1.82) is 0 Å². The maximum atomic E-state index is 12.7. The lowest BCUT2D eigenvalue weighted by molar-refractivity contribution is 0.0756. The van der Waals surface area contributed by atoms with Gasteiger partial charge in [0.1, 0.15) is 0 Å². The summed E-state index contributed by atoms with van der Waals surface area (Å²) in [5, 5.41) is 8.76. The highest BCUT2D eigenvalue weighted by Gasteiger charge is 2.26. The van der Waals surface area contributed by atoms with Crippen molar-refractivity contribution in [2.75, 3.05) is 19.7 Å². The van der Waals surface area contributed by atoms with E-state index in [9.17, 15) is 4.79 Å². The first kappa shape index (κ1) is 15.6. The number of hydrogen-bond donors (Lipinski definition) is 1. The van der Waals surface area contributed by atoms with Crippen molar-refractivity contribution < 1.29 is 9.90 Å². The van der Waals surface area contributed by atoms with E-state index in [2.05, 4.69) is 11.8 Å². The molecule has 1 saturated carbocycles. The number of hydrogen-bond acceptors (Lipinski definition) is 2. The Hall–Kier alpha value is -1.79. The third kappa shape index (κ3) is 4.34. The van der Waals surface area contributed by atoms with Crippen LogP contribution in [0.5, 0.6) is 0 Å². The Morgan fingerprint density at radius 3 is 2.81 bits per heavy atom. The second-order valence-corrected chi connectivity index (χ2v) is 5.59. The molecule has 0 atom stereocenters. The molecule has 1 N–H and O–H groups in total. The summed E-state index contributed by atoms with van der Waals surface area (Å²) in [6, 6.07) is 5.74. The van der Waals surface area contributed by atoms with E-state index in [0.717, 1.165) is 29.8 Å². The first-order valence-electron chi connectivity index (χ1n) is 7.65. The first-order valence-corrected chi connectivity index (χ1v) is 7.65. The number of amides is 1. The van der Waals surface area contributed by atoms with Gasteiger partial charge in [-0.05, 0) is 50.3 Å². The van der Waals surface area contributed by atoms with Gasteiger partial charge in [-0.1, -0.05) is 17.9 Å². The number of rotatable bonds is 5. The topological polar surface area (TPSA) is 40.5 Å². The van der Waals surface area contributed by atoms with Crippen LogP contribution in [-0.2, 0) is 0 Å². The monoisotopic (exact) mass is 285 g/mol. The number of nitrogens with zero attached hydrogens (tertiary/aromatic N) is 1. The maximum Gasteiger partial charge on any atom is 0.254 e. The lowest BCUT2D eigenvalue weighted by Gasteiger charge is -2.21. The molecule has 21 heavy (non-hydrogen) atoms. The quantitative estimate of drug-likeness (QED) is 0.845. The van der Waals surface area contributed by atoms with E-state index in [1.165, 1.54) is 12.8 Å². The van der Waals surface area contributed by atoms with Crippen LogP contribution >= 0.6 is 0 Å². The van der Waals surface area contributed by atoms with Crippen LogP contribution in [0.15, 0.2) is 18.2 Å². The van der Waals surface area contributed by atoms with E-state index in [-0.39, 0.29) is 12.5 Å². The number of aliphatic hydroxyl groups is 1. The molecule has 1 aromatic rings. The molecule has 0 aliphatic heterocycles. The van der Waals surface area contributed by atoms with Gasteiger partial charge in [-0.3, -0.25) is 4.79 Å². The van der Waals surface area contributed by atoms with E-state index in [1.54, 1.807) is 0 Å². The molecule has 0 radical (unpaired) electrons. The Balaban J connectivity index is 2.18. The summed E-state index contributed by atoms with van der Waals surface area (Å²) in [6.07, 6.45) is 2.95. The summed E-state index contributed by atoms with van der Waals surface area (Å²) >= 11 is 0. The van der Waals surface area contributed by atoms with E-state index >= 15 is 0 Å². The van der Waals surface area contributed by atoms with Crippen molar-refractivity contribution in [3.05, 3.63) is 34.9 Å². The molecule has 0 aromatic heterocycles. The number of carbonyl (C=O) groups is 1. The number of benzene rings is 1. The molecule has 2 rings (SSSR count). The lowest BCUT2D eigenvalue weighted by Crippen LogP contribution is -2.33. The number of aliphatic hydroxyl groups excluding tert-OH is 1. The second kappa shape index (κ2) is 7.28. The highest BCUT2D eigenvalue weighted by atomic mass is 16.2. The van der Waals surface area contributed by atoms with Crippen LogP contribution in [0, 0.1) is 24.7 Å². The van der Waals surface area contributed by atoms with E-state index in [4.69, 9.17) is 5.11 Å². The van der Waals surface area contributed by atoms with Crippen molar-refractivity contribution in [3.8, 4) is 11.8 Å². The molecule has 0 bridgehead atoms. The van der Waals surface area contributed by atoms with E-state index in [1.807, 2.05) is 36.9 Å². The molecule has 112 valence electrons. The first-order chi connectivity index (χ1) is 10.2. The SMILES string of the molecule is CCN(CC1CC1)C(=O)c1cc(C#CCCO)ccc1C. The molecule has 1 aliphatic rings. The van der Waals surface area contributed by atoms with Gasteiger partial charge in [0.25, 0.3) is 5.91 Å². The molecule has 1 amide bonds. The van der Waals surface area contributed by atoms with Gasteiger partial charge in [-0.15, -0.1) is 0 Å². The third-order valence-electron chi connectivity index (χ3n) is 3.78. The van der Waals surface area contributed by atoms with Crippen LogP contribution in [-0.4, -0.2) is 35.6 Å². The molecule has 0 heterocycles. The summed E-state index contributed by atoms with van der Waals surface area (Å²) in [4.78, 5) is 14.6. The van der Waals surface area contributed by atoms with E-state index in [0.29, 0.717) is 12.3 Å². The molecule has 1 aromatic carbocycles. The number of aryl methyl sites for hydroxylation is 1. The Bertz CT molecular complexity index is 564. The molecule has 0 spiro atoms. The predicted molar refractivity (Wildman–Crippen MR) is 84.1 cm³/mol. The van der Waals surface area contributed by atoms with Gasteiger partial charge in [0, 0.05) is 30.6 Å². The minimum Gasteiger partial charge on any atom is -0.395 e. The molecule has 3 heteroatoms. The minimum atomic E-state index is 0.0651. The fourth-order valence-electron chi connectivity index (χ4n) is 2.29. The van der Waals surface area contributed by atoms with Crippen LogP contribution in [0.2, 0.25) is 0 Å². The summed E-state index contributed by atoms with van der Waals surface area (Å²) in [5.41, 5.74) is 2.56. The van der Waals surface area contributed by atoms with Gasteiger partial charge >= 0.3 is 0 Å². The highest BCUT2D eigenvalue weighted by Crippen LogP contribution is 2.30. The Morgan fingerprint density at radius 2 is 2.19 bits per heavy atom. The molecule has 0 unspecified atom stereocenters. The highest BCUT2D eigenvalue weighted by molar-refractivity contribution is 5.96. The van der Waals surface area contributed by atoms with Crippen LogP contribution in [0.25, 0.3) is 0 Å². The summed E-state index contributed by atoms with van der Waals surface area (Å²) < 4.78 is 0. The largest absolute Gasteiger partial charge is 0.395 e. The Morgan fingerprint density at radius 1 is 1.43 bits per heavy atom. The summed E-state index contributed by atoms with van der Waals surface area (Å²) in [5.74, 6) is 6.70. The van der Waals surface area contributed by atoms with Crippen molar-refractivity contribution >= 4 is 5.91 Å². The number of carbonyl (C=O) groups excluding carboxylic acids is 1. The molecule has 0 saturated heterocycles. The van der Waals surface area contributed by atoms with Crippen LogP contribution < -0.4 is 0 Å². The molecular weight excluding hydrogens is 262 g/mol. The van der Waals surface area contributed by atoms with Crippen molar-refractivity contribution in [1.82, 2.24) is 4.90 Å². The molecule has 3 nitrogen and oxygen atoms in total. The lowest BCUT2D eigenvalue weighted by atomic mass is 10.0.